The number of rotatable bonds is 5. The summed E-state index contributed by atoms with van der Waals surface area (Å²) in [6, 6.07) is 6.66. The van der Waals surface area contributed by atoms with Crippen molar-refractivity contribution in [1.29, 1.82) is 0 Å². The van der Waals surface area contributed by atoms with E-state index in [1.807, 2.05) is 17.9 Å². The summed E-state index contributed by atoms with van der Waals surface area (Å²) in [5.41, 5.74) is 6.04. The van der Waals surface area contributed by atoms with Crippen LogP contribution < -0.4 is 10.6 Å². The van der Waals surface area contributed by atoms with Crippen LogP contribution in [0.25, 0.3) is 0 Å². The molecular weight excluding hydrogens is 251 g/mol. The van der Waals surface area contributed by atoms with Gasteiger partial charge in [0.2, 0.25) is 5.13 Å². The van der Waals surface area contributed by atoms with Crippen molar-refractivity contribution in [2.75, 3.05) is 18.0 Å². The maximum atomic E-state index is 13.8. The van der Waals surface area contributed by atoms with Crippen LogP contribution in [0.2, 0.25) is 0 Å². The first-order chi connectivity index (χ1) is 8.72. The number of para-hydroxylation sites is 1. The second kappa shape index (κ2) is 5.88. The fourth-order valence-electron chi connectivity index (χ4n) is 1.63. The lowest BCUT2D eigenvalue weighted by molar-refractivity contribution is 0.623. The SMILES string of the molecule is Cc1nnc(N(CCCN)c2ccccc2F)s1. The Labute approximate surface area is 109 Å². The van der Waals surface area contributed by atoms with Crippen molar-refractivity contribution in [2.45, 2.75) is 13.3 Å². The van der Waals surface area contributed by atoms with Gasteiger partial charge in [-0.1, -0.05) is 23.5 Å². The molecule has 0 radical (unpaired) electrons. The van der Waals surface area contributed by atoms with E-state index in [1.165, 1.54) is 17.4 Å². The van der Waals surface area contributed by atoms with Gasteiger partial charge < -0.3 is 10.6 Å². The summed E-state index contributed by atoms with van der Waals surface area (Å²) in [7, 11) is 0. The molecule has 4 nitrogen and oxygen atoms in total. The van der Waals surface area contributed by atoms with Crippen LogP contribution in [0.3, 0.4) is 0 Å². The first-order valence-corrected chi connectivity index (χ1v) is 6.56. The summed E-state index contributed by atoms with van der Waals surface area (Å²) in [5, 5.41) is 9.61. The van der Waals surface area contributed by atoms with E-state index >= 15 is 0 Å². The van der Waals surface area contributed by atoms with Crippen molar-refractivity contribution in [3.8, 4) is 0 Å². The Hall–Kier alpha value is -1.53. The normalized spacial score (nSPS) is 10.6. The summed E-state index contributed by atoms with van der Waals surface area (Å²) in [5.74, 6) is -0.262. The van der Waals surface area contributed by atoms with E-state index in [2.05, 4.69) is 10.2 Å². The summed E-state index contributed by atoms with van der Waals surface area (Å²) >= 11 is 1.45. The average molecular weight is 266 g/mol. The zero-order valence-corrected chi connectivity index (χ0v) is 11.0. The largest absolute Gasteiger partial charge is 0.330 e. The second-order valence-corrected chi connectivity index (χ2v) is 5.01. The van der Waals surface area contributed by atoms with Gasteiger partial charge in [-0.15, -0.1) is 10.2 Å². The number of nitrogens with two attached hydrogens (primary N) is 1. The molecule has 6 heteroatoms. The standard InChI is InChI=1S/C12H15FN4S/c1-9-15-16-12(18-9)17(8-4-7-14)11-6-3-2-5-10(11)13/h2-3,5-6H,4,7-8,14H2,1H3. The smallest absolute Gasteiger partial charge is 0.212 e. The number of benzene rings is 1. The topological polar surface area (TPSA) is 55.0 Å². The minimum atomic E-state index is -0.262. The van der Waals surface area contributed by atoms with Gasteiger partial charge in [0, 0.05) is 6.54 Å². The highest BCUT2D eigenvalue weighted by Crippen LogP contribution is 2.29. The first kappa shape index (κ1) is 12.9. The third-order valence-electron chi connectivity index (χ3n) is 2.48. The number of hydrogen-bond donors (Lipinski definition) is 1. The molecule has 0 aliphatic rings. The van der Waals surface area contributed by atoms with Crippen LogP contribution in [-0.4, -0.2) is 23.3 Å². The van der Waals surface area contributed by atoms with Crippen molar-refractivity contribution in [2.24, 2.45) is 5.73 Å². The lowest BCUT2D eigenvalue weighted by atomic mass is 10.2. The number of aryl methyl sites for hydroxylation is 1. The highest BCUT2D eigenvalue weighted by atomic mass is 32.1. The van der Waals surface area contributed by atoms with Crippen LogP contribution in [0, 0.1) is 12.7 Å². The Morgan fingerprint density at radius 2 is 2.11 bits per heavy atom. The highest BCUT2D eigenvalue weighted by molar-refractivity contribution is 7.15. The quantitative estimate of drug-likeness (QED) is 0.903. The molecule has 1 aromatic carbocycles. The third-order valence-corrected chi connectivity index (χ3v) is 3.34. The molecule has 0 aliphatic heterocycles. The van der Waals surface area contributed by atoms with Gasteiger partial charge in [-0.25, -0.2) is 4.39 Å². The third kappa shape index (κ3) is 2.83. The first-order valence-electron chi connectivity index (χ1n) is 5.74. The highest BCUT2D eigenvalue weighted by Gasteiger charge is 2.16. The Morgan fingerprint density at radius 3 is 2.72 bits per heavy atom. The van der Waals surface area contributed by atoms with Gasteiger partial charge in [0.05, 0.1) is 5.69 Å². The molecule has 2 aromatic rings. The van der Waals surface area contributed by atoms with Gasteiger partial charge >= 0.3 is 0 Å². The molecule has 0 aliphatic carbocycles. The minimum Gasteiger partial charge on any atom is -0.330 e. The summed E-state index contributed by atoms with van der Waals surface area (Å²) < 4.78 is 13.8. The number of anilines is 2. The van der Waals surface area contributed by atoms with E-state index in [-0.39, 0.29) is 5.82 Å². The number of hydrogen-bond acceptors (Lipinski definition) is 5. The lowest BCUT2D eigenvalue weighted by Gasteiger charge is -2.21. The van der Waals surface area contributed by atoms with E-state index < -0.39 is 0 Å². The second-order valence-electron chi connectivity index (χ2n) is 3.85. The molecule has 0 saturated carbocycles. The van der Waals surface area contributed by atoms with Gasteiger partial charge in [0.25, 0.3) is 0 Å². The van der Waals surface area contributed by atoms with E-state index in [0.717, 1.165) is 11.4 Å². The summed E-state index contributed by atoms with van der Waals surface area (Å²) in [4.78, 5) is 1.83. The van der Waals surface area contributed by atoms with Gasteiger partial charge in [0.1, 0.15) is 10.8 Å². The molecule has 96 valence electrons. The molecule has 0 amide bonds. The van der Waals surface area contributed by atoms with Crippen LogP contribution >= 0.6 is 11.3 Å². The van der Waals surface area contributed by atoms with Crippen molar-refractivity contribution in [3.63, 3.8) is 0 Å². The molecule has 2 rings (SSSR count). The molecule has 0 saturated heterocycles. The van der Waals surface area contributed by atoms with Crippen LogP contribution in [0.1, 0.15) is 11.4 Å². The zero-order chi connectivity index (χ0) is 13.0. The van der Waals surface area contributed by atoms with Gasteiger partial charge in [-0.2, -0.15) is 0 Å². The molecule has 0 fully saturated rings. The molecule has 0 spiro atoms. The van der Waals surface area contributed by atoms with E-state index in [9.17, 15) is 4.39 Å². The van der Waals surface area contributed by atoms with Crippen molar-refractivity contribution < 1.29 is 4.39 Å². The van der Waals surface area contributed by atoms with Crippen molar-refractivity contribution in [1.82, 2.24) is 10.2 Å². The number of nitrogens with zero attached hydrogens (tertiary/aromatic N) is 3. The predicted octanol–water partition coefficient (Wildman–Crippen LogP) is 2.47. The molecule has 2 N–H and O–H groups in total. The molecular formula is C12H15FN4S. The minimum absolute atomic E-state index is 0.262. The van der Waals surface area contributed by atoms with Gasteiger partial charge in [-0.3, -0.25) is 0 Å². The fourth-order valence-corrected chi connectivity index (χ4v) is 2.36. The predicted molar refractivity (Wildman–Crippen MR) is 71.7 cm³/mol. The molecule has 1 aromatic heterocycles. The Bertz CT molecular complexity index is 514. The number of halogens is 1. The maximum absolute atomic E-state index is 13.8. The fraction of sp³-hybridized carbons (Fsp3) is 0.333. The molecule has 0 unspecified atom stereocenters. The zero-order valence-electron chi connectivity index (χ0n) is 10.1. The van der Waals surface area contributed by atoms with Crippen LogP contribution in [0.4, 0.5) is 15.2 Å². The maximum Gasteiger partial charge on any atom is 0.212 e. The molecule has 0 bridgehead atoms. The van der Waals surface area contributed by atoms with E-state index in [4.69, 9.17) is 5.73 Å². The van der Waals surface area contributed by atoms with E-state index in [0.29, 0.717) is 23.9 Å². The monoisotopic (exact) mass is 266 g/mol. The Kier molecular flexibility index (Phi) is 4.22. The van der Waals surface area contributed by atoms with Crippen molar-refractivity contribution >= 4 is 22.2 Å². The molecule has 0 atom stereocenters. The van der Waals surface area contributed by atoms with E-state index in [1.54, 1.807) is 12.1 Å². The molecule has 1 heterocycles. The van der Waals surface area contributed by atoms with Crippen LogP contribution in [0.5, 0.6) is 0 Å². The molecule has 18 heavy (non-hydrogen) atoms. The Balaban J connectivity index is 2.33. The van der Waals surface area contributed by atoms with Gasteiger partial charge in [0.15, 0.2) is 0 Å². The summed E-state index contributed by atoms with van der Waals surface area (Å²) in [6.45, 7) is 3.07. The Morgan fingerprint density at radius 1 is 1.33 bits per heavy atom. The lowest BCUT2D eigenvalue weighted by Crippen LogP contribution is -2.21. The summed E-state index contributed by atoms with van der Waals surface area (Å²) in [6.07, 6.45) is 0.771. The number of aromatic nitrogens is 2. The van der Waals surface area contributed by atoms with Crippen molar-refractivity contribution in [3.05, 3.63) is 35.1 Å². The van der Waals surface area contributed by atoms with Gasteiger partial charge in [-0.05, 0) is 32.0 Å². The van der Waals surface area contributed by atoms with Crippen LogP contribution in [0.15, 0.2) is 24.3 Å². The average Bonchev–Trinajstić information content (AvgIpc) is 2.78. The van der Waals surface area contributed by atoms with Crippen LogP contribution in [-0.2, 0) is 0 Å².